The lowest BCUT2D eigenvalue weighted by Gasteiger charge is -2.35. The van der Waals surface area contributed by atoms with Gasteiger partial charge in [0.15, 0.2) is 5.78 Å². The third kappa shape index (κ3) is 3.38. The molecule has 1 aromatic heterocycles. The summed E-state index contributed by atoms with van der Waals surface area (Å²) in [7, 11) is 0. The highest BCUT2D eigenvalue weighted by Crippen LogP contribution is 2.46. The normalized spacial score (nSPS) is 20.9. The molecule has 29 heavy (non-hydrogen) atoms. The second-order valence-electron chi connectivity index (χ2n) is 8.28. The van der Waals surface area contributed by atoms with E-state index in [9.17, 15) is 13.6 Å². The Hall–Kier alpha value is -2.53. The van der Waals surface area contributed by atoms with Crippen LogP contribution in [-0.2, 0) is 6.42 Å². The van der Waals surface area contributed by atoms with Gasteiger partial charge in [0.05, 0.1) is 0 Å². The first-order valence-corrected chi connectivity index (χ1v) is 10.4. The molecule has 5 heteroatoms. The standard InChI is InChI=1S/C24H24F2N2O/c25-16-6-4-15(5-7-16)23(29)3-1-2-12-28-18-9-11-22(28)24-19-13-17(26)8-10-20(19)27-21(24)14-18/h4-8,10,13,18,22,27H,1-3,9,11-12,14H2/t18-,22+/m1/s1. The molecule has 0 amide bonds. The summed E-state index contributed by atoms with van der Waals surface area (Å²) in [6.07, 6.45) is 5.51. The summed E-state index contributed by atoms with van der Waals surface area (Å²) >= 11 is 0. The van der Waals surface area contributed by atoms with Crippen molar-refractivity contribution in [3.63, 3.8) is 0 Å². The number of fused-ring (bicyclic) bond motifs is 6. The molecule has 2 aliphatic heterocycles. The lowest BCUT2D eigenvalue weighted by molar-refractivity contribution is 0.0975. The molecule has 5 rings (SSSR count). The Morgan fingerprint density at radius 1 is 1.03 bits per heavy atom. The molecule has 2 atom stereocenters. The Labute approximate surface area is 168 Å². The predicted octanol–water partition coefficient (Wildman–Crippen LogP) is 5.56. The molecule has 1 fully saturated rings. The van der Waals surface area contributed by atoms with E-state index < -0.39 is 0 Å². The number of carbonyl (C=O) groups excluding carboxylic acids is 1. The van der Waals surface area contributed by atoms with Crippen LogP contribution in [0.15, 0.2) is 42.5 Å². The summed E-state index contributed by atoms with van der Waals surface area (Å²) in [5.41, 5.74) is 4.14. The highest BCUT2D eigenvalue weighted by molar-refractivity contribution is 5.95. The Morgan fingerprint density at radius 3 is 2.66 bits per heavy atom. The number of aromatic amines is 1. The van der Waals surface area contributed by atoms with Crippen molar-refractivity contribution in [3.05, 3.63) is 70.9 Å². The number of nitrogens with one attached hydrogen (secondary N) is 1. The smallest absolute Gasteiger partial charge is 0.162 e. The highest BCUT2D eigenvalue weighted by Gasteiger charge is 2.41. The summed E-state index contributed by atoms with van der Waals surface area (Å²) in [5, 5.41) is 1.02. The molecule has 2 aromatic carbocycles. The molecule has 2 bridgehead atoms. The molecule has 0 saturated carbocycles. The van der Waals surface area contributed by atoms with E-state index in [2.05, 4.69) is 9.88 Å². The number of ketones is 1. The summed E-state index contributed by atoms with van der Waals surface area (Å²) < 4.78 is 26.8. The minimum Gasteiger partial charge on any atom is -0.358 e. The lowest BCUT2D eigenvalue weighted by atomic mass is 9.96. The average Bonchev–Trinajstić information content (AvgIpc) is 3.21. The van der Waals surface area contributed by atoms with Crippen LogP contribution in [0.2, 0.25) is 0 Å². The van der Waals surface area contributed by atoms with E-state index in [1.54, 1.807) is 18.2 Å². The van der Waals surface area contributed by atoms with Crippen LogP contribution in [0.5, 0.6) is 0 Å². The van der Waals surface area contributed by atoms with Crippen molar-refractivity contribution in [2.45, 2.75) is 50.6 Å². The zero-order valence-electron chi connectivity index (χ0n) is 16.3. The number of benzene rings is 2. The maximum atomic E-state index is 13.8. The first-order chi connectivity index (χ1) is 14.1. The van der Waals surface area contributed by atoms with Gasteiger partial charge in [-0.25, -0.2) is 8.78 Å². The Balaban J connectivity index is 1.24. The third-order valence-electron chi connectivity index (χ3n) is 6.53. The largest absolute Gasteiger partial charge is 0.358 e. The van der Waals surface area contributed by atoms with E-state index in [1.807, 2.05) is 6.07 Å². The first kappa shape index (κ1) is 18.5. The van der Waals surface area contributed by atoms with E-state index in [1.165, 1.54) is 35.9 Å². The molecule has 3 nitrogen and oxygen atoms in total. The summed E-state index contributed by atoms with van der Waals surface area (Å²) in [4.78, 5) is 18.3. The van der Waals surface area contributed by atoms with Gasteiger partial charge in [-0.1, -0.05) is 0 Å². The average molecular weight is 394 g/mol. The van der Waals surface area contributed by atoms with Crippen LogP contribution in [0.4, 0.5) is 8.78 Å². The van der Waals surface area contributed by atoms with Crippen LogP contribution in [0, 0.1) is 11.6 Å². The lowest BCUT2D eigenvalue weighted by Crippen LogP contribution is -2.38. The minimum atomic E-state index is -0.321. The molecular formula is C24H24F2N2O. The second kappa shape index (κ2) is 7.38. The highest BCUT2D eigenvalue weighted by atomic mass is 19.1. The zero-order chi connectivity index (χ0) is 20.0. The van der Waals surface area contributed by atoms with Crippen molar-refractivity contribution >= 4 is 16.7 Å². The van der Waals surface area contributed by atoms with Crippen molar-refractivity contribution in [3.8, 4) is 0 Å². The number of halogens is 2. The monoisotopic (exact) mass is 394 g/mol. The van der Waals surface area contributed by atoms with Gasteiger partial charge in [0, 0.05) is 47.1 Å². The van der Waals surface area contributed by atoms with E-state index in [0.717, 1.165) is 43.1 Å². The molecular weight excluding hydrogens is 370 g/mol. The Kier molecular flexibility index (Phi) is 4.70. The van der Waals surface area contributed by atoms with Crippen LogP contribution in [0.25, 0.3) is 10.9 Å². The maximum absolute atomic E-state index is 13.8. The van der Waals surface area contributed by atoms with E-state index >= 15 is 0 Å². The van der Waals surface area contributed by atoms with Crippen molar-refractivity contribution in [2.75, 3.05) is 6.54 Å². The quantitative estimate of drug-likeness (QED) is 0.439. The number of carbonyl (C=O) groups is 1. The Morgan fingerprint density at radius 2 is 1.83 bits per heavy atom. The van der Waals surface area contributed by atoms with Crippen LogP contribution < -0.4 is 0 Å². The zero-order valence-corrected chi connectivity index (χ0v) is 16.3. The molecule has 0 unspecified atom stereocenters. The molecule has 2 aliphatic rings. The summed E-state index contributed by atoms with van der Waals surface area (Å²) in [6.45, 7) is 0.952. The summed E-state index contributed by atoms with van der Waals surface area (Å²) in [5.74, 6) is -0.440. The topological polar surface area (TPSA) is 36.1 Å². The van der Waals surface area contributed by atoms with Gasteiger partial charge in [0.25, 0.3) is 0 Å². The number of H-pyrrole nitrogens is 1. The van der Waals surface area contributed by atoms with Gasteiger partial charge >= 0.3 is 0 Å². The van der Waals surface area contributed by atoms with E-state index in [-0.39, 0.29) is 17.4 Å². The molecule has 0 radical (unpaired) electrons. The van der Waals surface area contributed by atoms with Crippen molar-refractivity contribution in [1.29, 1.82) is 0 Å². The minimum absolute atomic E-state index is 0.0704. The summed E-state index contributed by atoms with van der Waals surface area (Å²) in [6, 6.07) is 11.6. The van der Waals surface area contributed by atoms with Gasteiger partial charge < -0.3 is 4.98 Å². The van der Waals surface area contributed by atoms with Crippen LogP contribution in [0.3, 0.4) is 0 Å². The molecule has 1 N–H and O–H groups in total. The van der Waals surface area contributed by atoms with Gasteiger partial charge in [-0.05, 0) is 80.3 Å². The van der Waals surface area contributed by atoms with Crippen molar-refractivity contribution < 1.29 is 13.6 Å². The SMILES string of the molecule is O=C(CCCCN1[C@@H]2CC[C@H]1c1c([nH]c3ccc(F)cc13)C2)c1ccc(F)cc1. The molecule has 150 valence electrons. The second-order valence-corrected chi connectivity index (χ2v) is 8.28. The van der Waals surface area contributed by atoms with Crippen molar-refractivity contribution in [1.82, 2.24) is 9.88 Å². The van der Waals surface area contributed by atoms with Gasteiger partial charge in [0.1, 0.15) is 11.6 Å². The molecule has 3 aromatic rings. The number of hydrogen-bond acceptors (Lipinski definition) is 2. The van der Waals surface area contributed by atoms with Crippen LogP contribution in [-0.4, -0.2) is 28.3 Å². The Bertz CT molecular complexity index is 1060. The fourth-order valence-corrected chi connectivity index (χ4v) is 5.18. The number of aromatic nitrogens is 1. The maximum Gasteiger partial charge on any atom is 0.162 e. The van der Waals surface area contributed by atoms with Crippen LogP contribution in [0.1, 0.15) is 59.8 Å². The van der Waals surface area contributed by atoms with Gasteiger partial charge in [-0.15, -0.1) is 0 Å². The van der Waals surface area contributed by atoms with Crippen LogP contribution >= 0.6 is 0 Å². The third-order valence-corrected chi connectivity index (χ3v) is 6.53. The predicted molar refractivity (Wildman–Crippen MR) is 109 cm³/mol. The van der Waals surface area contributed by atoms with Crippen molar-refractivity contribution in [2.24, 2.45) is 0 Å². The molecule has 3 heterocycles. The molecule has 0 aliphatic carbocycles. The fourth-order valence-electron chi connectivity index (χ4n) is 5.18. The number of nitrogens with zero attached hydrogens (tertiary/aromatic N) is 1. The number of rotatable bonds is 6. The molecule has 1 saturated heterocycles. The number of Topliss-reactive ketones (excluding diaryl/α,β-unsaturated/α-hetero) is 1. The van der Waals surface area contributed by atoms with E-state index in [4.69, 9.17) is 0 Å². The molecule has 0 spiro atoms. The van der Waals surface area contributed by atoms with Gasteiger partial charge in [-0.3, -0.25) is 9.69 Å². The first-order valence-electron chi connectivity index (χ1n) is 10.4. The number of hydrogen-bond donors (Lipinski definition) is 1. The van der Waals surface area contributed by atoms with E-state index in [0.29, 0.717) is 24.1 Å². The number of unbranched alkanes of at least 4 members (excludes halogenated alkanes) is 1. The fraction of sp³-hybridized carbons (Fsp3) is 0.375. The van der Waals surface area contributed by atoms with Gasteiger partial charge in [-0.2, -0.15) is 0 Å². The van der Waals surface area contributed by atoms with Gasteiger partial charge in [0.2, 0.25) is 0 Å².